The maximum atomic E-state index is 6.53. The van der Waals surface area contributed by atoms with Gasteiger partial charge in [0.15, 0.2) is 0 Å². The standard InChI is InChI=1S/C13H20N2/c14-13(7-3-4-8-13)11-9-15-12-6-2-1-5-10(11)12/h9,15H,1-8,14H2. The van der Waals surface area contributed by atoms with Gasteiger partial charge in [-0.2, -0.15) is 0 Å². The van der Waals surface area contributed by atoms with Gasteiger partial charge in [0.2, 0.25) is 0 Å². The summed E-state index contributed by atoms with van der Waals surface area (Å²) in [5, 5.41) is 0. The Balaban J connectivity index is 2.00. The maximum Gasteiger partial charge on any atom is 0.0427 e. The van der Waals surface area contributed by atoms with Crippen molar-refractivity contribution in [2.45, 2.75) is 56.9 Å². The molecule has 1 saturated carbocycles. The summed E-state index contributed by atoms with van der Waals surface area (Å²) in [5.74, 6) is 0. The number of rotatable bonds is 1. The number of hydrogen-bond donors (Lipinski definition) is 2. The monoisotopic (exact) mass is 204 g/mol. The Morgan fingerprint density at radius 3 is 2.60 bits per heavy atom. The number of hydrogen-bond acceptors (Lipinski definition) is 1. The number of fused-ring (bicyclic) bond motifs is 1. The van der Waals surface area contributed by atoms with Gasteiger partial charge < -0.3 is 10.7 Å². The quantitative estimate of drug-likeness (QED) is 0.725. The van der Waals surface area contributed by atoms with Gasteiger partial charge in [0.1, 0.15) is 0 Å². The van der Waals surface area contributed by atoms with Crippen LogP contribution in [0.25, 0.3) is 0 Å². The molecular weight excluding hydrogens is 184 g/mol. The zero-order valence-electron chi connectivity index (χ0n) is 9.31. The van der Waals surface area contributed by atoms with Crippen LogP contribution < -0.4 is 5.73 Å². The van der Waals surface area contributed by atoms with E-state index in [0.29, 0.717) is 0 Å². The van der Waals surface area contributed by atoms with Crippen molar-refractivity contribution in [3.8, 4) is 0 Å². The van der Waals surface area contributed by atoms with E-state index in [4.69, 9.17) is 5.73 Å². The fourth-order valence-corrected chi connectivity index (χ4v) is 3.33. The molecule has 2 aliphatic carbocycles. The normalized spacial score (nSPS) is 24.1. The zero-order valence-corrected chi connectivity index (χ0v) is 9.31. The molecule has 0 spiro atoms. The first-order chi connectivity index (χ1) is 7.30. The van der Waals surface area contributed by atoms with Gasteiger partial charge >= 0.3 is 0 Å². The van der Waals surface area contributed by atoms with Crippen LogP contribution in [0.5, 0.6) is 0 Å². The molecule has 0 aromatic carbocycles. The number of aryl methyl sites for hydroxylation is 1. The molecule has 2 nitrogen and oxygen atoms in total. The molecule has 2 heteroatoms. The Labute approximate surface area is 91.3 Å². The molecule has 2 aliphatic rings. The Kier molecular flexibility index (Phi) is 2.13. The summed E-state index contributed by atoms with van der Waals surface area (Å²) in [6.07, 6.45) is 12.3. The second-order valence-electron chi connectivity index (χ2n) is 5.23. The fraction of sp³-hybridized carbons (Fsp3) is 0.692. The first kappa shape index (κ1) is 9.46. The first-order valence-corrected chi connectivity index (χ1v) is 6.28. The van der Waals surface area contributed by atoms with Crippen LogP contribution >= 0.6 is 0 Å². The zero-order chi connectivity index (χ0) is 10.3. The van der Waals surface area contributed by atoms with E-state index < -0.39 is 0 Å². The minimum Gasteiger partial charge on any atom is -0.364 e. The van der Waals surface area contributed by atoms with Crippen molar-refractivity contribution in [3.05, 3.63) is 23.0 Å². The highest BCUT2D eigenvalue weighted by Gasteiger charge is 2.34. The molecule has 1 heterocycles. The van der Waals surface area contributed by atoms with Crippen LogP contribution in [-0.2, 0) is 18.4 Å². The van der Waals surface area contributed by atoms with Crippen LogP contribution in [0.15, 0.2) is 6.20 Å². The van der Waals surface area contributed by atoms with Crippen LogP contribution in [0.4, 0.5) is 0 Å². The van der Waals surface area contributed by atoms with E-state index in [2.05, 4.69) is 11.2 Å². The summed E-state index contributed by atoms with van der Waals surface area (Å²) in [6.45, 7) is 0. The van der Waals surface area contributed by atoms with E-state index in [1.807, 2.05) is 0 Å². The Morgan fingerprint density at radius 2 is 1.80 bits per heavy atom. The lowest BCUT2D eigenvalue weighted by atomic mass is 9.84. The van der Waals surface area contributed by atoms with Crippen molar-refractivity contribution in [2.24, 2.45) is 5.73 Å². The SMILES string of the molecule is NC1(c2c[nH]c3c2CCCC3)CCCC1. The van der Waals surface area contributed by atoms with Gasteiger partial charge in [-0.3, -0.25) is 0 Å². The minimum absolute atomic E-state index is 0.00141. The van der Waals surface area contributed by atoms with Gasteiger partial charge in [-0.1, -0.05) is 12.8 Å². The average molecular weight is 204 g/mol. The summed E-state index contributed by atoms with van der Waals surface area (Å²) < 4.78 is 0. The topological polar surface area (TPSA) is 41.8 Å². The van der Waals surface area contributed by atoms with Crippen molar-refractivity contribution in [2.75, 3.05) is 0 Å². The highest BCUT2D eigenvalue weighted by atomic mass is 14.8. The summed E-state index contributed by atoms with van der Waals surface area (Å²) in [6, 6.07) is 0. The molecule has 15 heavy (non-hydrogen) atoms. The van der Waals surface area contributed by atoms with Gasteiger partial charge in [-0.15, -0.1) is 0 Å². The van der Waals surface area contributed by atoms with Crippen molar-refractivity contribution in [3.63, 3.8) is 0 Å². The lowest BCUT2D eigenvalue weighted by Crippen LogP contribution is -2.33. The van der Waals surface area contributed by atoms with Gasteiger partial charge in [-0.05, 0) is 49.7 Å². The van der Waals surface area contributed by atoms with E-state index in [0.717, 1.165) is 0 Å². The highest BCUT2D eigenvalue weighted by Crippen LogP contribution is 2.40. The molecule has 3 N–H and O–H groups in total. The summed E-state index contributed by atoms with van der Waals surface area (Å²) in [5.41, 5.74) is 11.0. The van der Waals surface area contributed by atoms with Crippen molar-refractivity contribution in [1.82, 2.24) is 4.98 Å². The number of nitrogens with two attached hydrogens (primary N) is 1. The van der Waals surface area contributed by atoms with E-state index in [-0.39, 0.29) is 5.54 Å². The third kappa shape index (κ3) is 1.43. The van der Waals surface area contributed by atoms with Crippen molar-refractivity contribution >= 4 is 0 Å². The third-order valence-electron chi connectivity index (χ3n) is 4.22. The summed E-state index contributed by atoms with van der Waals surface area (Å²) in [7, 11) is 0. The number of aromatic nitrogens is 1. The predicted octanol–water partition coefficient (Wildman–Crippen LogP) is 2.62. The van der Waals surface area contributed by atoms with Crippen LogP contribution in [-0.4, -0.2) is 4.98 Å². The first-order valence-electron chi connectivity index (χ1n) is 6.28. The van der Waals surface area contributed by atoms with Crippen LogP contribution in [0.2, 0.25) is 0 Å². The van der Waals surface area contributed by atoms with Crippen molar-refractivity contribution in [1.29, 1.82) is 0 Å². The molecule has 82 valence electrons. The largest absolute Gasteiger partial charge is 0.364 e. The number of H-pyrrole nitrogens is 1. The number of aromatic amines is 1. The third-order valence-corrected chi connectivity index (χ3v) is 4.22. The van der Waals surface area contributed by atoms with Crippen molar-refractivity contribution < 1.29 is 0 Å². The molecule has 0 saturated heterocycles. The van der Waals surface area contributed by atoms with Gasteiger partial charge in [0.05, 0.1) is 0 Å². The molecule has 1 aromatic rings. The van der Waals surface area contributed by atoms with Gasteiger partial charge in [0.25, 0.3) is 0 Å². The molecule has 0 aliphatic heterocycles. The molecular formula is C13H20N2. The molecule has 3 rings (SSSR count). The van der Waals surface area contributed by atoms with E-state index in [9.17, 15) is 0 Å². The molecule has 1 aromatic heterocycles. The molecule has 1 fully saturated rings. The maximum absolute atomic E-state index is 6.53. The second kappa shape index (κ2) is 3.38. The Bertz CT molecular complexity index is 359. The fourth-order valence-electron chi connectivity index (χ4n) is 3.33. The molecule has 0 unspecified atom stereocenters. The van der Waals surface area contributed by atoms with Crippen LogP contribution in [0, 0.1) is 0 Å². The van der Waals surface area contributed by atoms with E-state index in [1.165, 1.54) is 62.6 Å². The molecule has 0 atom stereocenters. The smallest absolute Gasteiger partial charge is 0.0427 e. The van der Waals surface area contributed by atoms with E-state index >= 15 is 0 Å². The van der Waals surface area contributed by atoms with Crippen LogP contribution in [0.1, 0.15) is 55.3 Å². The second-order valence-corrected chi connectivity index (χ2v) is 5.23. The highest BCUT2D eigenvalue weighted by molar-refractivity contribution is 5.38. The predicted molar refractivity (Wildman–Crippen MR) is 61.8 cm³/mol. The van der Waals surface area contributed by atoms with Gasteiger partial charge in [0, 0.05) is 17.4 Å². The van der Waals surface area contributed by atoms with E-state index in [1.54, 1.807) is 5.56 Å². The Morgan fingerprint density at radius 1 is 1.07 bits per heavy atom. The molecule has 0 bridgehead atoms. The minimum atomic E-state index is 0.00141. The summed E-state index contributed by atoms with van der Waals surface area (Å²) >= 11 is 0. The van der Waals surface area contributed by atoms with Gasteiger partial charge in [-0.25, -0.2) is 0 Å². The summed E-state index contributed by atoms with van der Waals surface area (Å²) in [4.78, 5) is 3.45. The van der Waals surface area contributed by atoms with Crippen LogP contribution in [0.3, 0.4) is 0 Å². The number of nitrogens with one attached hydrogen (secondary N) is 1. The Hall–Kier alpha value is -0.760. The molecule has 0 radical (unpaired) electrons. The average Bonchev–Trinajstić information content (AvgIpc) is 2.84. The lowest BCUT2D eigenvalue weighted by Gasteiger charge is -2.25. The lowest BCUT2D eigenvalue weighted by molar-refractivity contribution is 0.456. The molecule has 0 amide bonds.